The molecule has 0 atom stereocenters. The Labute approximate surface area is 192 Å². The molecular weight excluding hydrogens is 472 g/mol. The van der Waals surface area contributed by atoms with Crippen LogP contribution in [0.15, 0.2) is 83.3 Å². The minimum absolute atomic E-state index is 0.0206. The molecule has 160 valence electrons. The molecule has 0 aliphatic carbocycles. The van der Waals surface area contributed by atoms with E-state index in [0.717, 1.165) is 11.1 Å². The lowest BCUT2D eigenvalue weighted by molar-refractivity contribution is -0.384. The van der Waals surface area contributed by atoms with Crippen molar-refractivity contribution in [1.29, 1.82) is 0 Å². The van der Waals surface area contributed by atoms with Crippen LogP contribution < -0.4 is 10.6 Å². The molecule has 32 heavy (non-hydrogen) atoms. The third-order valence-corrected chi connectivity index (χ3v) is 5.42. The molecule has 1 aromatic heterocycles. The van der Waals surface area contributed by atoms with Crippen LogP contribution in [0.1, 0.15) is 21.5 Å². The van der Waals surface area contributed by atoms with Crippen molar-refractivity contribution >= 4 is 44.2 Å². The number of carbonyl (C=O) groups is 1. The number of anilines is 1. The van der Waals surface area contributed by atoms with E-state index in [9.17, 15) is 14.9 Å². The zero-order valence-corrected chi connectivity index (χ0v) is 18.5. The van der Waals surface area contributed by atoms with Crippen molar-refractivity contribution in [3.63, 3.8) is 0 Å². The van der Waals surface area contributed by atoms with Gasteiger partial charge in [-0.15, -0.1) is 0 Å². The predicted molar refractivity (Wildman–Crippen MR) is 127 cm³/mol. The summed E-state index contributed by atoms with van der Waals surface area (Å²) in [5.74, 6) is -0.479. The molecule has 0 fully saturated rings. The van der Waals surface area contributed by atoms with E-state index >= 15 is 0 Å². The Hall–Kier alpha value is -3.78. The van der Waals surface area contributed by atoms with Crippen LogP contribution in [0.2, 0.25) is 0 Å². The Kier molecular flexibility index (Phi) is 6.42. The average Bonchev–Trinajstić information content (AvgIpc) is 2.81. The zero-order chi connectivity index (χ0) is 22.5. The highest BCUT2D eigenvalue weighted by Gasteiger charge is 2.29. The van der Waals surface area contributed by atoms with Gasteiger partial charge in [-0.1, -0.05) is 76.6 Å². The molecule has 0 aliphatic rings. The minimum Gasteiger partial charge on any atom is -0.360 e. The molecule has 1 amide bonds. The molecular formula is C24H19BrN4O3. The molecule has 7 nitrogen and oxygen atoms in total. The Morgan fingerprint density at radius 1 is 0.938 bits per heavy atom. The fraction of sp³-hybridized carbons (Fsp3) is 0.0833. The number of pyridine rings is 1. The summed E-state index contributed by atoms with van der Waals surface area (Å²) in [6, 6.07) is 24.1. The van der Waals surface area contributed by atoms with E-state index in [1.807, 2.05) is 60.7 Å². The number of hydrogen-bond acceptors (Lipinski definition) is 5. The number of rotatable bonds is 7. The molecule has 0 aliphatic heterocycles. The fourth-order valence-electron chi connectivity index (χ4n) is 3.40. The Balaban J connectivity index is 1.77. The molecule has 3 aromatic carbocycles. The molecule has 2 N–H and O–H groups in total. The van der Waals surface area contributed by atoms with Gasteiger partial charge in [0.1, 0.15) is 5.56 Å². The van der Waals surface area contributed by atoms with Crippen molar-refractivity contribution in [3.05, 3.63) is 110 Å². The molecule has 1 heterocycles. The van der Waals surface area contributed by atoms with Gasteiger partial charge in [-0.25, -0.2) is 4.98 Å². The van der Waals surface area contributed by atoms with E-state index in [2.05, 4.69) is 31.5 Å². The number of aromatic nitrogens is 1. The molecule has 4 aromatic rings. The summed E-state index contributed by atoms with van der Waals surface area (Å²) in [4.78, 5) is 29.2. The Morgan fingerprint density at radius 2 is 1.56 bits per heavy atom. The van der Waals surface area contributed by atoms with Crippen LogP contribution in [0.3, 0.4) is 0 Å². The van der Waals surface area contributed by atoms with Gasteiger partial charge in [0.05, 0.1) is 10.4 Å². The molecule has 0 saturated heterocycles. The number of nitro groups is 1. The van der Waals surface area contributed by atoms with Gasteiger partial charge in [0.15, 0.2) is 0 Å². The molecule has 0 spiro atoms. The van der Waals surface area contributed by atoms with Crippen LogP contribution in [0.5, 0.6) is 0 Å². The van der Waals surface area contributed by atoms with Crippen molar-refractivity contribution in [2.24, 2.45) is 0 Å². The molecule has 8 heteroatoms. The van der Waals surface area contributed by atoms with E-state index in [1.54, 1.807) is 18.2 Å². The molecule has 0 saturated carbocycles. The van der Waals surface area contributed by atoms with Crippen molar-refractivity contribution in [1.82, 2.24) is 10.3 Å². The highest BCUT2D eigenvalue weighted by Crippen LogP contribution is 2.35. The van der Waals surface area contributed by atoms with Crippen molar-refractivity contribution in [3.8, 4) is 0 Å². The van der Waals surface area contributed by atoms with Crippen molar-refractivity contribution in [2.45, 2.75) is 13.1 Å². The maximum atomic E-state index is 13.2. The topological polar surface area (TPSA) is 97.2 Å². The maximum absolute atomic E-state index is 13.2. The Bertz CT molecular complexity index is 1280. The second kappa shape index (κ2) is 9.57. The summed E-state index contributed by atoms with van der Waals surface area (Å²) in [6.45, 7) is 0.587. The fourth-order valence-corrected chi connectivity index (χ4v) is 3.77. The van der Waals surface area contributed by atoms with E-state index < -0.39 is 10.8 Å². The van der Waals surface area contributed by atoms with Gasteiger partial charge >= 0.3 is 5.69 Å². The van der Waals surface area contributed by atoms with Crippen LogP contribution in [-0.4, -0.2) is 15.8 Å². The van der Waals surface area contributed by atoms with Gasteiger partial charge in [0.25, 0.3) is 5.91 Å². The quantitative estimate of drug-likeness (QED) is 0.265. The van der Waals surface area contributed by atoms with Gasteiger partial charge in [-0.2, -0.15) is 0 Å². The van der Waals surface area contributed by atoms with Crippen molar-refractivity contribution < 1.29 is 9.72 Å². The second-order valence-corrected chi connectivity index (χ2v) is 8.03. The Morgan fingerprint density at radius 3 is 2.19 bits per heavy atom. The van der Waals surface area contributed by atoms with Crippen molar-refractivity contribution in [2.75, 3.05) is 5.32 Å². The first-order valence-electron chi connectivity index (χ1n) is 9.90. The third kappa shape index (κ3) is 4.76. The molecule has 0 unspecified atom stereocenters. The highest BCUT2D eigenvalue weighted by molar-refractivity contribution is 9.10. The smallest absolute Gasteiger partial charge is 0.324 e. The number of halogens is 1. The number of amides is 1. The van der Waals surface area contributed by atoms with Gasteiger partial charge in [-0.05, 0) is 29.3 Å². The van der Waals surface area contributed by atoms with Crippen LogP contribution >= 0.6 is 15.9 Å². The normalized spacial score (nSPS) is 10.7. The lowest BCUT2D eigenvalue weighted by atomic mass is 10.1. The molecule has 0 bridgehead atoms. The summed E-state index contributed by atoms with van der Waals surface area (Å²) in [5, 5.41) is 18.4. The summed E-state index contributed by atoms with van der Waals surface area (Å²) >= 11 is 3.39. The zero-order valence-electron chi connectivity index (χ0n) is 16.9. The van der Waals surface area contributed by atoms with Gasteiger partial charge in [0, 0.05) is 22.9 Å². The van der Waals surface area contributed by atoms with E-state index in [0.29, 0.717) is 21.9 Å². The van der Waals surface area contributed by atoms with E-state index in [1.165, 1.54) is 0 Å². The lowest BCUT2D eigenvalue weighted by Crippen LogP contribution is -2.24. The number of benzene rings is 3. The third-order valence-electron chi connectivity index (χ3n) is 4.93. The van der Waals surface area contributed by atoms with Crippen LogP contribution in [-0.2, 0) is 13.1 Å². The number of nitrogens with zero attached hydrogens (tertiary/aromatic N) is 2. The number of carbonyl (C=O) groups excluding carboxylic acids is 1. The van der Waals surface area contributed by atoms with Gasteiger partial charge < -0.3 is 10.6 Å². The highest BCUT2D eigenvalue weighted by atomic mass is 79.9. The summed E-state index contributed by atoms with van der Waals surface area (Å²) in [5.41, 5.74) is 1.95. The first-order valence-corrected chi connectivity index (χ1v) is 10.7. The van der Waals surface area contributed by atoms with Crippen LogP contribution in [0, 0.1) is 10.1 Å². The standard InChI is InChI=1S/C24H19BrN4O3/c25-18-11-12-20-19(13-18)21(24(30)27-15-17-9-5-2-6-10-17)22(29(31)32)23(28-20)26-14-16-7-3-1-4-8-16/h1-13H,14-15H2,(H,26,28)(H,27,30). The first kappa shape index (κ1) is 21.5. The SMILES string of the molecule is O=C(NCc1ccccc1)c1c([N+](=O)[O-])c(NCc2ccccc2)nc2ccc(Br)cc12. The van der Waals surface area contributed by atoms with Gasteiger partial charge in [0.2, 0.25) is 5.82 Å². The van der Waals surface area contributed by atoms with Crippen LogP contribution in [0.4, 0.5) is 11.5 Å². The van der Waals surface area contributed by atoms with E-state index in [4.69, 9.17) is 0 Å². The van der Waals surface area contributed by atoms with Crippen LogP contribution in [0.25, 0.3) is 10.9 Å². The minimum atomic E-state index is -0.557. The summed E-state index contributed by atoms with van der Waals surface area (Å²) in [7, 11) is 0. The number of fused-ring (bicyclic) bond motifs is 1. The van der Waals surface area contributed by atoms with Gasteiger partial charge in [-0.3, -0.25) is 14.9 Å². The summed E-state index contributed by atoms with van der Waals surface area (Å²) in [6.07, 6.45) is 0. The number of hydrogen-bond donors (Lipinski definition) is 2. The largest absolute Gasteiger partial charge is 0.360 e. The molecule has 0 radical (unpaired) electrons. The molecule has 4 rings (SSSR count). The number of nitrogens with one attached hydrogen (secondary N) is 2. The second-order valence-electron chi connectivity index (χ2n) is 7.11. The summed E-state index contributed by atoms with van der Waals surface area (Å²) < 4.78 is 0.697. The van der Waals surface area contributed by atoms with E-state index in [-0.39, 0.29) is 23.6 Å². The first-order chi connectivity index (χ1) is 15.5. The lowest BCUT2D eigenvalue weighted by Gasteiger charge is -2.13. The maximum Gasteiger partial charge on any atom is 0.324 e. The average molecular weight is 491 g/mol. The monoisotopic (exact) mass is 490 g/mol. The predicted octanol–water partition coefficient (Wildman–Crippen LogP) is 5.45.